The number of rotatable bonds is 5. The van der Waals surface area contributed by atoms with Crippen molar-refractivity contribution in [2.75, 3.05) is 18.1 Å². The fourth-order valence-corrected chi connectivity index (χ4v) is 4.11. The number of amides is 1. The van der Waals surface area contributed by atoms with Crippen LogP contribution in [0.1, 0.15) is 24.1 Å². The van der Waals surface area contributed by atoms with E-state index in [0.717, 1.165) is 18.8 Å². The molecule has 3 rings (SSSR count). The standard InChI is InChI=1S/C14H20N2OS2/c17-14(8-11-10-18-7-5-15-11)16(12-3-4-12)9-13-2-1-6-19-13/h1-2,6,11-12,15H,3-5,7-10H2. The van der Waals surface area contributed by atoms with Crippen molar-refractivity contribution in [3.05, 3.63) is 22.4 Å². The second-order valence-corrected chi connectivity index (χ2v) is 7.44. The fourth-order valence-electron chi connectivity index (χ4n) is 2.46. The fraction of sp³-hybridized carbons (Fsp3) is 0.643. The summed E-state index contributed by atoms with van der Waals surface area (Å²) in [5.41, 5.74) is 0. The molecule has 2 heterocycles. The summed E-state index contributed by atoms with van der Waals surface area (Å²) in [7, 11) is 0. The van der Waals surface area contributed by atoms with E-state index in [1.807, 2.05) is 11.8 Å². The van der Waals surface area contributed by atoms with E-state index >= 15 is 0 Å². The lowest BCUT2D eigenvalue weighted by Crippen LogP contribution is -2.43. The van der Waals surface area contributed by atoms with Gasteiger partial charge in [-0.05, 0) is 24.3 Å². The van der Waals surface area contributed by atoms with Crippen LogP contribution in [-0.4, -0.2) is 40.9 Å². The smallest absolute Gasteiger partial charge is 0.224 e. The second kappa shape index (κ2) is 6.29. The molecule has 1 aromatic heterocycles. The molecular weight excluding hydrogens is 276 g/mol. The van der Waals surface area contributed by atoms with Crippen molar-refractivity contribution < 1.29 is 4.79 Å². The van der Waals surface area contributed by atoms with E-state index in [9.17, 15) is 4.79 Å². The molecule has 1 saturated carbocycles. The molecule has 1 aliphatic carbocycles. The van der Waals surface area contributed by atoms with Crippen LogP contribution in [0.2, 0.25) is 0 Å². The number of nitrogens with zero attached hydrogens (tertiary/aromatic N) is 1. The first kappa shape index (κ1) is 13.5. The summed E-state index contributed by atoms with van der Waals surface area (Å²) >= 11 is 3.70. The molecule has 2 aliphatic rings. The van der Waals surface area contributed by atoms with Gasteiger partial charge >= 0.3 is 0 Å². The Hall–Kier alpha value is -0.520. The second-order valence-electron chi connectivity index (χ2n) is 5.26. The van der Waals surface area contributed by atoms with Crippen LogP contribution in [0.25, 0.3) is 0 Å². The van der Waals surface area contributed by atoms with E-state index in [1.165, 1.54) is 23.5 Å². The van der Waals surface area contributed by atoms with Gasteiger partial charge in [0.05, 0.1) is 6.54 Å². The first-order valence-corrected chi connectivity index (χ1v) is 8.99. The maximum atomic E-state index is 12.5. The number of thiophene rings is 1. The summed E-state index contributed by atoms with van der Waals surface area (Å²) < 4.78 is 0. The minimum Gasteiger partial charge on any atom is -0.335 e. The van der Waals surface area contributed by atoms with Crippen LogP contribution in [0.3, 0.4) is 0 Å². The third-order valence-corrected chi connectivity index (χ3v) is 5.63. The van der Waals surface area contributed by atoms with E-state index in [0.29, 0.717) is 24.4 Å². The van der Waals surface area contributed by atoms with Crippen molar-refractivity contribution >= 4 is 29.0 Å². The van der Waals surface area contributed by atoms with Crippen molar-refractivity contribution in [2.45, 2.75) is 37.9 Å². The van der Waals surface area contributed by atoms with Gasteiger partial charge in [-0.1, -0.05) is 6.07 Å². The number of carbonyl (C=O) groups excluding carboxylic acids is 1. The maximum Gasteiger partial charge on any atom is 0.224 e. The highest BCUT2D eigenvalue weighted by Gasteiger charge is 2.33. The Morgan fingerprint density at radius 3 is 3.00 bits per heavy atom. The minimum atomic E-state index is 0.330. The third kappa shape index (κ3) is 3.74. The predicted molar refractivity (Wildman–Crippen MR) is 81.6 cm³/mol. The molecule has 2 fully saturated rings. The number of nitrogens with one attached hydrogen (secondary N) is 1. The van der Waals surface area contributed by atoms with Gasteiger partial charge in [-0.25, -0.2) is 0 Å². The molecule has 104 valence electrons. The van der Waals surface area contributed by atoms with Crippen molar-refractivity contribution in [1.82, 2.24) is 10.2 Å². The number of carbonyl (C=O) groups is 1. The highest BCUT2D eigenvalue weighted by atomic mass is 32.2. The van der Waals surface area contributed by atoms with Crippen LogP contribution in [0.4, 0.5) is 0 Å². The van der Waals surface area contributed by atoms with Gasteiger partial charge in [-0.3, -0.25) is 4.79 Å². The van der Waals surface area contributed by atoms with Gasteiger partial charge in [-0.15, -0.1) is 11.3 Å². The predicted octanol–water partition coefficient (Wildman–Crippen LogP) is 2.33. The Kier molecular flexibility index (Phi) is 4.45. The molecule has 0 radical (unpaired) electrons. The SMILES string of the molecule is O=C(CC1CSCCN1)N(Cc1cccs1)C1CC1. The summed E-state index contributed by atoms with van der Waals surface area (Å²) in [6.45, 7) is 1.85. The highest BCUT2D eigenvalue weighted by Crippen LogP contribution is 2.30. The maximum absolute atomic E-state index is 12.5. The molecule has 0 bridgehead atoms. The average Bonchev–Trinajstić information content (AvgIpc) is 3.14. The molecular formula is C14H20N2OS2. The van der Waals surface area contributed by atoms with Gasteiger partial charge in [0.2, 0.25) is 5.91 Å². The molecule has 1 atom stereocenters. The molecule has 3 nitrogen and oxygen atoms in total. The highest BCUT2D eigenvalue weighted by molar-refractivity contribution is 7.99. The Morgan fingerprint density at radius 2 is 2.37 bits per heavy atom. The average molecular weight is 296 g/mol. The van der Waals surface area contributed by atoms with E-state index < -0.39 is 0 Å². The lowest BCUT2D eigenvalue weighted by molar-refractivity contribution is -0.132. The minimum absolute atomic E-state index is 0.330. The molecule has 1 saturated heterocycles. The molecule has 1 N–H and O–H groups in total. The largest absolute Gasteiger partial charge is 0.335 e. The molecule has 1 aromatic rings. The zero-order valence-corrected chi connectivity index (χ0v) is 12.6. The summed E-state index contributed by atoms with van der Waals surface area (Å²) in [6, 6.07) is 5.07. The van der Waals surface area contributed by atoms with Gasteiger partial charge in [0.1, 0.15) is 0 Å². The quantitative estimate of drug-likeness (QED) is 0.905. The summed E-state index contributed by atoms with van der Waals surface area (Å²) in [5.74, 6) is 2.58. The van der Waals surface area contributed by atoms with Crippen molar-refractivity contribution in [2.24, 2.45) is 0 Å². The Morgan fingerprint density at radius 1 is 1.47 bits per heavy atom. The number of hydrogen-bond donors (Lipinski definition) is 1. The van der Waals surface area contributed by atoms with Crippen LogP contribution < -0.4 is 5.32 Å². The van der Waals surface area contributed by atoms with Gasteiger partial charge in [0.25, 0.3) is 0 Å². The summed E-state index contributed by atoms with van der Waals surface area (Å²) in [4.78, 5) is 15.9. The molecule has 0 aromatic carbocycles. The zero-order valence-electron chi connectivity index (χ0n) is 11.0. The van der Waals surface area contributed by atoms with E-state index in [4.69, 9.17) is 0 Å². The number of hydrogen-bond acceptors (Lipinski definition) is 4. The molecule has 5 heteroatoms. The van der Waals surface area contributed by atoms with Gasteiger partial charge < -0.3 is 10.2 Å². The van der Waals surface area contributed by atoms with Crippen LogP contribution in [-0.2, 0) is 11.3 Å². The molecule has 0 spiro atoms. The third-order valence-electron chi connectivity index (χ3n) is 3.63. The Bertz CT molecular complexity index is 411. The van der Waals surface area contributed by atoms with Gasteiger partial charge in [0.15, 0.2) is 0 Å². The molecule has 1 aliphatic heterocycles. The monoisotopic (exact) mass is 296 g/mol. The van der Waals surface area contributed by atoms with Crippen LogP contribution >= 0.6 is 23.1 Å². The van der Waals surface area contributed by atoms with Crippen LogP contribution in [0, 0.1) is 0 Å². The first-order chi connectivity index (χ1) is 9.33. The molecule has 1 amide bonds. The Balaban J connectivity index is 1.57. The van der Waals surface area contributed by atoms with E-state index in [-0.39, 0.29) is 0 Å². The van der Waals surface area contributed by atoms with E-state index in [2.05, 4.69) is 27.7 Å². The normalized spacial score (nSPS) is 23.3. The van der Waals surface area contributed by atoms with Crippen LogP contribution in [0.5, 0.6) is 0 Å². The molecule has 1 unspecified atom stereocenters. The zero-order chi connectivity index (χ0) is 13.1. The van der Waals surface area contributed by atoms with Gasteiger partial charge in [0, 0.05) is 41.4 Å². The van der Waals surface area contributed by atoms with Crippen molar-refractivity contribution in [1.29, 1.82) is 0 Å². The van der Waals surface area contributed by atoms with E-state index in [1.54, 1.807) is 11.3 Å². The lowest BCUT2D eigenvalue weighted by Gasteiger charge is -2.27. The van der Waals surface area contributed by atoms with Gasteiger partial charge in [-0.2, -0.15) is 11.8 Å². The van der Waals surface area contributed by atoms with Crippen molar-refractivity contribution in [3.8, 4) is 0 Å². The van der Waals surface area contributed by atoms with Crippen molar-refractivity contribution in [3.63, 3.8) is 0 Å². The topological polar surface area (TPSA) is 32.3 Å². The lowest BCUT2D eigenvalue weighted by atomic mass is 10.2. The first-order valence-electron chi connectivity index (χ1n) is 6.96. The summed E-state index contributed by atoms with van der Waals surface area (Å²) in [6.07, 6.45) is 3.03. The number of thioether (sulfide) groups is 1. The van der Waals surface area contributed by atoms with Crippen LogP contribution in [0.15, 0.2) is 17.5 Å². The Labute approximate surface area is 122 Å². The molecule has 19 heavy (non-hydrogen) atoms. The summed E-state index contributed by atoms with van der Waals surface area (Å²) in [5, 5.41) is 5.54.